The van der Waals surface area contributed by atoms with E-state index in [1.807, 2.05) is 0 Å². The largest absolute Gasteiger partial charge is 0.370 e. The van der Waals surface area contributed by atoms with Gasteiger partial charge >= 0.3 is 0 Å². The fourth-order valence-corrected chi connectivity index (χ4v) is 3.14. The second kappa shape index (κ2) is 6.66. The first kappa shape index (κ1) is 15.9. The third kappa shape index (κ3) is 3.52. The zero-order chi connectivity index (χ0) is 16.4. The lowest BCUT2D eigenvalue weighted by molar-refractivity contribution is -0.149. The summed E-state index contributed by atoms with van der Waals surface area (Å²) < 4.78 is 18.7. The Bertz CT molecular complexity index is 590. The number of morpholine rings is 1. The first-order chi connectivity index (χ1) is 11.0. The molecule has 1 aromatic rings. The Morgan fingerprint density at radius 3 is 2.70 bits per heavy atom. The van der Waals surface area contributed by atoms with Gasteiger partial charge in [0.2, 0.25) is 11.8 Å². The number of nitrogens with zero attached hydrogens (tertiary/aromatic N) is 2. The van der Waals surface area contributed by atoms with Gasteiger partial charge in [-0.2, -0.15) is 0 Å². The standard InChI is InChI=1S/C17H21FN2O3/c1-19-7-6-13(10-16(19)21)17(22)20-8-9-23-15(11-20)12-2-4-14(18)5-3-12/h2-5,13,15H,6-11H2,1H3/t13-,15+/m1/s1. The molecule has 0 radical (unpaired) electrons. The number of halogens is 1. The van der Waals surface area contributed by atoms with Crippen LogP contribution in [0.5, 0.6) is 0 Å². The van der Waals surface area contributed by atoms with Gasteiger partial charge in [-0.3, -0.25) is 9.59 Å². The molecule has 2 fully saturated rings. The Labute approximate surface area is 135 Å². The highest BCUT2D eigenvalue weighted by Crippen LogP contribution is 2.26. The summed E-state index contributed by atoms with van der Waals surface area (Å²) in [6, 6.07) is 6.17. The van der Waals surface area contributed by atoms with Crippen LogP contribution < -0.4 is 0 Å². The van der Waals surface area contributed by atoms with Crippen molar-refractivity contribution in [2.75, 3.05) is 33.3 Å². The Kier molecular flexibility index (Phi) is 4.61. The van der Waals surface area contributed by atoms with Gasteiger partial charge in [-0.05, 0) is 24.1 Å². The Morgan fingerprint density at radius 1 is 1.26 bits per heavy atom. The molecule has 124 valence electrons. The molecule has 2 atom stereocenters. The summed E-state index contributed by atoms with van der Waals surface area (Å²) in [6.45, 7) is 2.07. The molecule has 2 amide bonds. The summed E-state index contributed by atoms with van der Waals surface area (Å²) in [5.74, 6) is -0.465. The summed E-state index contributed by atoms with van der Waals surface area (Å²) in [4.78, 5) is 27.9. The number of carbonyl (C=O) groups excluding carboxylic acids is 2. The molecular formula is C17H21FN2O3. The minimum Gasteiger partial charge on any atom is -0.370 e. The van der Waals surface area contributed by atoms with E-state index >= 15 is 0 Å². The maximum Gasteiger partial charge on any atom is 0.226 e. The number of amides is 2. The number of hydrogen-bond acceptors (Lipinski definition) is 3. The first-order valence-electron chi connectivity index (χ1n) is 7.94. The number of benzene rings is 1. The van der Waals surface area contributed by atoms with Crippen molar-refractivity contribution in [3.05, 3.63) is 35.6 Å². The minimum atomic E-state index is -0.290. The minimum absolute atomic E-state index is 0.0259. The van der Waals surface area contributed by atoms with Crippen molar-refractivity contribution in [3.63, 3.8) is 0 Å². The number of hydrogen-bond donors (Lipinski definition) is 0. The van der Waals surface area contributed by atoms with Crippen LogP contribution in [0.25, 0.3) is 0 Å². The number of ether oxygens (including phenoxy) is 1. The fourth-order valence-electron chi connectivity index (χ4n) is 3.14. The normalized spacial score (nSPS) is 25.6. The first-order valence-corrected chi connectivity index (χ1v) is 7.94. The second-order valence-corrected chi connectivity index (χ2v) is 6.20. The lowest BCUT2D eigenvalue weighted by Gasteiger charge is -2.37. The van der Waals surface area contributed by atoms with Crippen LogP contribution in [0.1, 0.15) is 24.5 Å². The van der Waals surface area contributed by atoms with Crippen molar-refractivity contribution in [2.24, 2.45) is 5.92 Å². The van der Waals surface area contributed by atoms with Crippen molar-refractivity contribution < 1.29 is 18.7 Å². The molecule has 0 spiro atoms. The molecule has 3 rings (SSSR count). The average molecular weight is 320 g/mol. The van der Waals surface area contributed by atoms with Crippen LogP contribution in [0, 0.1) is 11.7 Å². The summed E-state index contributed by atoms with van der Waals surface area (Å²) in [5.41, 5.74) is 0.864. The van der Waals surface area contributed by atoms with E-state index in [4.69, 9.17) is 4.74 Å². The third-order valence-electron chi connectivity index (χ3n) is 4.63. The van der Waals surface area contributed by atoms with Gasteiger partial charge in [-0.25, -0.2) is 4.39 Å². The van der Waals surface area contributed by atoms with E-state index in [-0.39, 0.29) is 36.1 Å². The average Bonchev–Trinajstić information content (AvgIpc) is 2.57. The van der Waals surface area contributed by atoms with Crippen LogP contribution >= 0.6 is 0 Å². The zero-order valence-corrected chi connectivity index (χ0v) is 13.2. The topological polar surface area (TPSA) is 49.9 Å². The number of piperidine rings is 1. The fraction of sp³-hybridized carbons (Fsp3) is 0.529. The molecule has 0 aliphatic carbocycles. The van der Waals surface area contributed by atoms with E-state index in [1.54, 1.807) is 29.0 Å². The molecule has 2 aliphatic heterocycles. The quantitative estimate of drug-likeness (QED) is 0.831. The lowest BCUT2D eigenvalue weighted by Crippen LogP contribution is -2.48. The van der Waals surface area contributed by atoms with Gasteiger partial charge in [0.05, 0.1) is 13.2 Å². The second-order valence-electron chi connectivity index (χ2n) is 6.20. The number of rotatable bonds is 2. The van der Waals surface area contributed by atoms with Gasteiger partial charge < -0.3 is 14.5 Å². The third-order valence-corrected chi connectivity index (χ3v) is 4.63. The van der Waals surface area contributed by atoms with E-state index in [0.717, 1.165) is 5.56 Å². The summed E-state index contributed by atoms with van der Waals surface area (Å²) in [7, 11) is 1.77. The summed E-state index contributed by atoms with van der Waals surface area (Å²) in [6.07, 6.45) is 0.753. The SMILES string of the molecule is CN1CC[C@@H](C(=O)N2CCO[C@H](c3ccc(F)cc3)C2)CC1=O. The molecule has 2 heterocycles. The molecule has 1 aromatic carbocycles. The van der Waals surface area contributed by atoms with Crippen LogP contribution in [0.15, 0.2) is 24.3 Å². The van der Waals surface area contributed by atoms with Gasteiger partial charge in [-0.1, -0.05) is 12.1 Å². The Hall–Kier alpha value is -1.95. The molecule has 0 aromatic heterocycles. The maximum absolute atomic E-state index is 13.0. The van der Waals surface area contributed by atoms with Crippen molar-refractivity contribution in [1.82, 2.24) is 9.80 Å². The van der Waals surface area contributed by atoms with E-state index < -0.39 is 0 Å². The van der Waals surface area contributed by atoms with E-state index in [1.165, 1.54) is 12.1 Å². The van der Waals surface area contributed by atoms with E-state index in [9.17, 15) is 14.0 Å². The van der Waals surface area contributed by atoms with E-state index in [2.05, 4.69) is 0 Å². The van der Waals surface area contributed by atoms with Crippen LogP contribution in [0.3, 0.4) is 0 Å². The van der Waals surface area contributed by atoms with Gasteiger partial charge in [0.15, 0.2) is 0 Å². The predicted molar refractivity (Wildman–Crippen MR) is 82.0 cm³/mol. The van der Waals surface area contributed by atoms with Crippen LogP contribution in [-0.2, 0) is 14.3 Å². The molecule has 23 heavy (non-hydrogen) atoms. The highest BCUT2D eigenvalue weighted by molar-refractivity contribution is 5.87. The highest BCUT2D eigenvalue weighted by atomic mass is 19.1. The van der Waals surface area contributed by atoms with Gasteiger partial charge in [0, 0.05) is 32.5 Å². The molecule has 5 nitrogen and oxygen atoms in total. The molecule has 0 bridgehead atoms. The molecule has 6 heteroatoms. The van der Waals surface area contributed by atoms with Crippen molar-refractivity contribution in [1.29, 1.82) is 0 Å². The maximum atomic E-state index is 13.0. The van der Waals surface area contributed by atoms with Gasteiger partial charge in [0.25, 0.3) is 0 Å². The Morgan fingerprint density at radius 2 is 2.00 bits per heavy atom. The van der Waals surface area contributed by atoms with Crippen molar-refractivity contribution in [3.8, 4) is 0 Å². The molecule has 0 N–H and O–H groups in total. The predicted octanol–water partition coefficient (Wildman–Crippen LogP) is 1.59. The molecule has 2 saturated heterocycles. The van der Waals surface area contributed by atoms with E-state index in [0.29, 0.717) is 32.7 Å². The lowest BCUT2D eigenvalue weighted by atomic mass is 9.94. The number of likely N-dealkylation sites (tertiary alicyclic amines) is 1. The van der Waals surface area contributed by atoms with Gasteiger partial charge in [0.1, 0.15) is 11.9 Å². The van der Waals surface area contributed by atoms with Crippen molar-refractivity contribution in [2.45, 2.75) is 18.9 Å². The molecule has 2 aliphatic rings. The van der Waals surface area contributed by atoms with Gasteiger partial charge in [-0.15, -0.1) is 0 Å². The van der Waals surface area contributed by atoms with Crippen molar-refractivity contribution >= 4 is 11.8 Å². The van der Waals surface area contributed by atoms with Crippen LogP contribution in [-0.4, -0.2) is 54.9 Å². The van der Waals surface area contributed by atoms with Crippen LogP contribution in [0.2, 0.25) is 0 Å². The molecule has 0 saturated carbocycles. The monoisotopic (exact) mass is 320 g/mol. The summed E-state index contributed by atoms with van der Waals surface area (Å²) >= 11 is 0. The Balaban J connectivity index is 1.65. The van der Waals surface area contributed by atoms with Crippen LogP contribution in [0.4, 0.5) is 4.39 Å². The smallest absolute Gasteiger partial charge is 0.226 e. The zero-order valence-electron chi connectivity index (χ0n) is 13.2. The molecular weight excluding hydrogens is 299 g/mol. The highest BCUT2D eigenvalue weighted by Gasteiger charge is 2.34. The summed E-state index contributed by atoms with van der Waals surface area (Å²) in [5, 5.41) is 0. The number of carbonyl (C=O) groups is 2. The molecule has 0 unspecified atom stereocenters.